The molecule has 2 heterocycles. The molecule has 1 unspecified atom stereocenters. The standard InChI is InChI=1S/C22H16N2O5S/c25-19(18-11-6-12-30-18)23-17(13-14-7-2-1-3-8-14)22(28)29-24-20(26)15-9-4-5-10-16(15)21(24)27/h1-12,17H,13H2,(H,23,25). The van der Waals surface area contributed by atoms with Gasteiger partial charge >= 0.3 is 5.97 Å². The molecule has 1 aliphatic rings. The number of carbonyl (C=O) groups excluding carboxylic acids is 4. The van der Waals surface area contributed by atoms with Crippen molar-refractivity contribution in [3.63, 3.8) is 0 Å². The number of imide groups is 1. The number of carbonyl (C=O) groups is 4. The summed E-state index contributed by atoms with van der Waals surface area (Å²) in [6, 6.07) is 17.5. The molecule has 3 amide bonds. The Morgan fingerprint density at radius 1 is 0.900 bits per heavy atom. The Kier molecular flexibility index (Phi) is 5.40. The van der Waals surface area contributed by atoms with Gasteiger partial charge in [0.05, 0.1) is 16.0 Å². The van der Waals surface area contributed by atoms with E-state index in [0.717, 1.165) is 5.56 Å². The number of hydrogen-bond acceptors (Lipinski definition) is 6. The molecule has 4 rings (SSSR count). The van der Waals surface area contributed by atoms with E-state index in [9.17, 15) is 19.2 Å². The van der Waals surface area contributed by atoms with Crippen molar-refractivity contribution in [2.75, 3.05) is 0 Å². The summed E-state index contributed by atoms with van der Waals surface area (Å²) in [7, 11) is 0. The third-order valence-electron chi connectivity index (χ3n) is 4.56. The lowest BCUT2D eigenvalue weighted by Gasteiger charge is -2.20. The van der Waals surface area contributed by atoms with E-state index in [1.807, 2.05) is 18.2 Å². The minimum Gasteiger partial charge on any atom is -0.338 e. The molecule has 7 nitrogen and oxygen atoms in total. The maximum atomic E-state index is 12.9. The Bertz CT molecular complexity index is 1080. The Balaban J connectivity index is 1.54. The van der Waals surface area contributed by atoms with Gasteiger partial charge in [0.15, 0.2) is 0 Å². The van der Waals surface area contributed by atoms with Crippen LogP contribution < -0.4 is 5.32 Å². The first-order valence-electron chi connectivity index (χ1n) is 9.12. The molecule has 1 aliphatic heterocycles. The molecular formula is C22H16N2O5S. The van der Waals surface area contributed by atoms with E-state index in [-0.39, 0.29) is 17.5 Å². The second-order valence-corrected chi connectivity index (χ2v) is 7.50. The zero-order valence-corrected chi connectivity index (χ0v) is 16.4. The second kappa shape index (κ2) is 8.30. The van der Waals surface area contributed by atoms with E-state index in [1.54, 1.807) is 41.8 Å². The SMILES string of the molecule is O=C(NC(Cc1ccccc1)C(=O)ON1C(=O)c2ccccc2C1=O)c1cccs1. The molecular weight excluding hydrogens is 404 g/mol. The first-order chi connectivity index (χ1) is 14.5. The molecule has 0 radical (unpaired) electrons. The van der Waals surface area contributed by atoms with Crippen LogP contribution in [0.25, 0.3) is 0 Å². The quantitative estimate of drug-likeness (QED) is 0.619. The summed E-state index contributed by atoms with van der Waals surface area (Å²) in [6.45, 7) is 0. The van der Waals surface area contributed by atoms with Crippen molar-refractivity contribution in [2.45, 2.75) is 12.5 Å². The summed E-state index contributed by atoms with van der Waals surface area (Å²) in [5, 5.41) is 4.84. The van der Waals surface area contributed by atoms with Gasteiger partial charge in [-0.05, 0) is 29.1 Å². The van der Waals surface area contributed by atoms with Gasteiger partial charge in [-0.3, -0.25) is 14.4 Å². The molecule has 150 valence electrons. The molecule has 1 atom stereocenters. The highest BCUT2D eigenvalue weighted by Gasteiger charge is 2.40. The van der Waals surface area contributed by atoms with Crippen LogP contribution in [0.1, 0.15) is 36.0 Å². The summed E-state index contributed by atoms with van der Waals surface area (Å²) in [4.78, 5) is 55.9. The molecule has 0 bridgehead atoms. The zero-order chi connectivity index (χ0) is 21.1. The first kappa shape index (κ1) is 19.5. The molecule has 0 saturated carbocycles. The molecule has 0 spiro atoms. The molecule has 0 fully saturated rings. The number of benzene rings is 2. The second-order valence-electron chi connectivity index (χ2n) is 6.55. The monoisotopic (exact) mass is 420 g/mol. The number of fused-ring (bicyclic) bond motifs is 1. The third kappa shape index (κ3) is 3.85. The average Bonchev–Trinajstić information content (AvgIpc) is 3.38. The van der Waals surface area contributed by atoms with Crippen molar-refractivity contribution in [1.29, 1.82) is 0 Å². The van der Waals surface area contributed by atoms with Crippen LogP contribution >= 0.6 is 11.3 Å². The maximum Gasteiger partial charge on any atom is 0.355 e. The Hall–Kier alpha value is -3.78. The van der Waals surface area contributed by atoms with Gasteiger partial charge < -0.3 is 10.2 Å². The summed E-state index contributed by atoms with van der Waals surface area (Å²) in [6.07, 6.45) is 0.139. The van der Waals surface area contributed by atoms with Gasteiger partial charge in [-0.1, -0.05) is 53.6 Å². The predicted molar refractivity (Wildman–Crippen MR) is 109 cm³/mol. The van der Waals surface area contributed by atoms with Crippen LogP contribution in [0.4, 0.5) is 0 Å². The fourth-order valence-electron chi connectivity index (χ4n) is 3.08. The lowest BCUT2D eigenvalue weighted by Crippen LogP contribution is -2.46. The molecule has 1 N–H and O–H groups in total. The van der Waals surface area contributed by atoms with Gasteiger partial charge in [0.1, 0.15) is 6.04 Å². The van der Waals surface area contributed by atoms with Gasteiger partial charge in [0.25, 0.3) is 17.7 Å². The molecule has 30 heavy (non-hydrogen) atoms. The Morgan fingerprint density at radius 3 is 2.13 bits per heavy atom. The van der Waals surface area contributed by atoms with Crippen molar-refractivity contribution in [3.05, 3.63) is 93.7 Å². The highest BCUT2D eigenvalue weighted by atomic mass is 32.1. The minimum atomic E-state index is -1.09. The van der Waals surface area contributed by atoms with Crippen molar-refractivity contribution in [1.82, 2.24) is 10.4 Å². The van der Waals surface area contributed by atoms with Crippen LogP contribution in [0.5, 0.6) is 0 Å². The van der Waals surface area contributed by atoms with Crippen LogP contribution in [-0.2, 0) is 16.1 Å². The number of hydroxylamine groups is 2. The number of amides is 3. The van der Waals surface area contributed by atoms with Crippen molar-refractivity contribution < 1.29 is 24.0 Å². The highest BCUT2D eigenvalue weighted by Crippen LogP contribution is 2.23. The zero-order valence-electron chi connectivity index (χ0n) is 15.6. The number of nitrogens with one attached hydrogen (secondary N) is 1. The van der Waals surface area contributed by atoms with E-state index in [1.165, 1.54) is 23.5 Å². The highest BCUT2D eigenvalue weighted by molar-refractivity contribution is 7.12. The van der Waals surface area contributed by atoms with Crippen LogP contribution in [0.3, 0.4) is 0 Å². The van der Waals surface area contributed by atoms with Crippen LogP contribution in [0, 0.1) is 0 Å². The largest absolute Gasteiger partial charge is 0.355 e. The van der Waals surface area contributed by atoms with Crippen molar-refractivity contribution in [2.24, 2.45) is 0 Å². The van der Waals surface area contributed by atoms with Crippen molar-refractivity contribution >= 4 is 35.0 Å². The van der Waals surface area contributed by atoms with Crippen molar-refractivity contribution in [3.8, 4) is 0 Å². The minimum absolute atomic E-state index is 0.139. The van der Waals surface area contributed by atoms with Gasteiger partial charge in [-0.25, -0.2) is 4.79 Å². The average molecular weight is 420 g/mol. The molecule has 3 aromatic rings. The Morgan fingerprint density at radius 2 is 1.53 bits per heavy atom. The molecule has 1 aromatic heterocycles. The summed E-state index contributed by atoms with van der Waals surface area (Å²) in [5.74, 6) is -2.78. The number of nitrogens with zero attached hydrogens (tertiary/aromatic N) is 1. The third-order valence-corrected chi connectivity index (χ3v) is 5.42. The Labute approximate surface area is 175 Å². The maximum absolute atomic E-state index is 12.9. The molecule has 0 aliphatic carbocycles. The number of thiophene rings is 1. The number of rotatable bonds is 6. The number of hydrogen-bond donors (Lipinski definition) is 1. The van der Waals surface area contributed by atoms with Gasteiger partial charge in [0.2, 0.25) is 0 Å². The van der Waals surface area contributed by atoms with Crippen LogP contribution in [0.15, 0.2) is 72.1 Å². The normalized spacial score (nSPS) is 13.7. The fourth-order valence-corrected chi connectivity index (χ4v) is 3.71. The van der Waals surface area contributed by atoms with E-state index >= 15 is 0 Å². The molecule has 2 aromatic carbocycles. The van der Waals surface area contributed by atoms with E-state index < -0.39 is 29.7 Å². The molecule has 8 heteroatoms. The fraction of sp³-hybridized carbons (Fsp3) is 0.0909. The van der Waals surface area contributed by atoms with Crippen LogP contribution in [-0.4, -0.2) is 34.8 Å². The smallest absolute Gasteiger partial charge is 0.338 e. The summed E-state index contributed by atoms with van der Waals surface area (Å²) >= 11 is 1.23. The first-order valence-corrected chi connectivity index (χ1v) is 10.0. The van der Waals surface area contributed by atoms with E-state index in [4.69, 9.17) is 4.84 Å². The predicted octanol–water partition coefficient (Wildman–Crippen LogP) is 2.84. The molecule has 0 saturated heterocycles. The van der Waals surface area contributed by atoms with E-state index in [0.29, 0.717) is 9.94 Å². The lowest BCUT2D eigenvalue weighted by atomic mass is 10.1. The van der Waals surface area contributed by atoms with E-state index in [2.05, 4.69) is 5.32 Å². The topological polar surface area (TPSA) is 92.8 Å². The lowest BCUT2D eigenvalue weighted by molar-refractivity contribution is -0.170. The van der Waals surface area contributed by atoms with Gasteiger partial charge in [-0.15, -0.1) is 11.3 Å². The van der Waals surface area contributed by atoms with Crippen LogP contribution in [0.2, 0.25) is 0 Å². The van der Waals surface area contributed by atoms with Gasteiger partial charge in [0, 0.05) is 6.42 Å². The summed E-state index contributed by atoms with van der Waals surface area (Å²) in [5.41, 5.74) is 1.11. The van der Waals surface area contributed by atoms with Gasteiger partial charge in [-0.2, -0.15) is 0 Å². The summed E-state index contributed by atoms with van der Waals surface area (Å²) < 4.78 is 0.